The zero-order valence-electron chi connectivity index (χ0n) is 16.8. The molecule has 0 radical (unpaired) electrons. The van der Waals surface area contributed by atoms with Crippen LogP contribution in [0.4, 0.5) is 0 Å². The Labute approximate surface area is 172 Å². The quantitative estimate of drug-likeness (QED) is 0.151. The number of amides is 4. The van der Waals surface area contributed by atoms with Gasteiger partial charge in [0.2, 0.25) is 23.6 Å². The van der Waals surface area contributed by atoms with E-state index >= 15 is 0 Å². The lowest BCUT2D eigenvalue weighted by atomic mass is 10.0. The van der Waals surface area contributed by atoms with Gasteiger partial charge in [-0.2, -0.15) is 0 Å². The normalized spacial score (nSPS) is 13.6. The van der Waals surface area contributed by atoms with Crippen molar-refractivity contribution < 1.29 is 39.0 Å². The van der Waals surface area contributed by atoms with E-state index < -0.39 is 66.2 Å². The number of hydrogen-bond acceptors (Lipinski definition) is 7. The predicted molar refractivity (Wildman–Crippen MR) is 103 cm³/mol. The van der Waals surface area contributed by atoms with E-state index in [0.29, 0.717) is 0 Å². The number of carbonyl (C=O) groups is 6. The second-order valence-electron chi connectivity index (χ2n) is 6.95. The second kappa shape index (κ2) is 13.1. The van der Waals surface area contributed by atoms with Crippen LogP contribution in [-0.4, -0.2) is 70.5 Å². The van der Waals surface area contributed by atoms with E-state index in [1.54, 1.807) is 13.8 Å². The first-order chi connectivity index (χ1) is 13.8. The average Bonchev–Trinajstić information content (AvgIpc) is 2.64. The van der Waals surface area contributed by atoms with Crippen molar-refractivity contribution in [2.24, 2.45) is 17.4 Å². The third kappa shape index (κ3) is 10.9. The highest BCUT2D eigenvalue weighted by Gasteiger charge is 2.29. The lowest BCUT2D eigenvalue weighted by molar-refractivity contribution is -0.143. The molecule has 170 valence electrons. The van der Waals surface area contributed by atoms with Gasteiger partial charge in [-0.25, -0.2) is 4.79 Å². The summed E-state index contributed by atoms with van der Waals surface area (Å²) >= 11 is 0. The molecule has 30 heavy (non-hydrogen) atoms. The molecule has 0 heterocycles. The van der Waals surface area contributed by atoms with Crippen LogP contribution in [0.2, 0.25) is 0 Å². The van der Waals surface area contributed by atoms with Gasteiger partial charge in [-0.3, -0.25) is 24.0 Å². The second-order valence-corrected chi connectivity index (χ2v) is 6.95. The number of nitrogens with two attached hydrogens (primary N) is 2. The third-order valence-corrected chi connectivity index (χ3v) is 3.99. The summed E-state index contributed by atoms with van der Waals surface area (Å²) in [5.41, 5.74) is 10.5. The first-order valence-electron chi connectivity index (χ1n) is 9.21. The van der Waals surface area contributed by atoms with E-state index in [1.807, 2.05) is 0 Å². The van der Waals surface area contributed by atoms with Crippen molar-refractivity contribution in [3.8, 4) is 0 Å². The Kier molecular flexibility index (Phi) is 11.7. The molecule has 0 bridgehead atoms. The molecule has 0 spiro atoms. The summed E-state index contributed by atoms with van der Waals surface area (Å²) in [6.45, 7) is 2.72. The molecule has 3 atom stereocenters. The Balaban J connectivity index is 4.78. The lowest BCUT2D eigenvalue weighted by Crippen LogP contribution is -2.55. The van der Waals surface area contributed by atoms with Crippen LogP contribution in [-0.2, 0) is 28.8 Å². The van der Waals surface area contributed by atoms with Gasteiger partial charge in [-0.05, 0) is 18.8 Å². The monoisotopic (exact) mass is 431 g/mol. The van der Waals surface area contributed by atoms with Crippen molar-refractivity contribution in [2.45, 2.75) is 57.7 Å². The van der Waals surface area contributed by atoms with Crippen LogP contribution in [0.1, 0.15) is 39.5 Å². The number of carboxylic acid groups (broad SMARTS) is 2. The molecule has 0 aliphatic rings. The van der Waals surface area contributed by atoms with Crippen LogP contribution < -0.4 is 27.4 Å². The Morgan fingerprint density at radius 2 is 1.50 bits per heavy atom. The van der Waals surface area contributed by atoms with Crippen LogP contribution in [0.3, 0.4) is 0 Å². The molecule has 0 aliphatic heterocycles. The molecule has 3 unspecified atom stereocenters. The van der Waals surface area contributed by atoms with Gasteiger partial charge >= 0.3 is 11.9 Å². The van der Waals surface area contributed by atoms with Crippen molar-refractivity contribution in [3.63, 3.8) is 0 Å². The van der Waals surface area contributed by atoms with E-state index in [1.165, 1.54) is 0 Å². The molecule has 0 aliphatic carbocycles. The highest BCUT2D eigenvalue weighted by Crippen LogP contribution is 2.05. The maximum absolute atomic E-state index is 12.4. The number of primary amides is 1. The summed E-state index contributed by atoms with van der Waals surface area (Å²) in [7, 11) is 0. The molecule has 0 aromatic rings. The largest absolute Gasteiger partial charge is 0.481 e. The maximum atomic E-state index is 12.4. The molecule has 0 aromatic carbocycles. The number of carbonyl (C=O) groups excluding carboxylic acids is 4. The van der Waals surface area contributed by atoms with E-state index in [0.717, 1.165) is 0 Å². The minimum Gasteiger partial charge on any atom is -0.481 e. The van der Waals surface area contributed by atoms with Crippen LogP contribution >= 0.6 is 0 Å². The van der Waals surface area contributed by atoms with Crippen molar-refractivity contribution in [3.05, 3.63) is 0 Å². The third-order valence-electron chi connectivity index (χ3n) is 3.99. The van der Waals surface area contributed by atoms with E-state index in [9.17, 15) is 28.8 Å². The van der Waals surface area contributed by atoms with Gasteiger partial charge in [0.05, 0.1) is 12.6 Å². The number of aliphatic carboxylic acids is 2. The van der Waals surface area contributed by atoms with Crippen LogP contribution in [0.25, 0.3) is 0 Å². The molecular formula is C17H29N5O8. The molecule has 0 fully saturated rings. The van der Waals surface area contributed by atoms with Gasteiger partial charge in [0.15, 0.2) is 0 Å². The SMILES string of the molecule is CC(C)C(NC(=O)CNC(=O)C(N)CCC(=O)O)C(=O)NC(CCC(N)=O)C(=O)O. The first kappa shape index (κ1) is 26.8. The predicted octanol–water partition coefficient (Wildman–Crippen LogP) is -2.73. The van der Waals surface area contributed by atoms with Gasteiger partial charge in [0.1, 0.15) is 12.1 Å². The van der Waals surface area contributed by atoms with Crippen molar-refractivity contribution in [1.29, 1.82) is 0 Å². The minimum absolute atomic E-state index is 0.109. The van der Waals surface area contributed by atoms with Gasteiger partial charge in [-0.1, -0.05) is 13.8 Å². The highest BCUT2D eigenvalue weighted by molar-refractivity contribution is 5.92. The molecule has 0 saturated heterocycles. The molecule has 13 heteroatoms. The first-order valence-corrected chi connectivity index (χ1v) is 9.21. The van der Waals surface area contributed by atoms with Crippen molar-refractivity contribution in [2.75, 3.05) is 6.54 Å². The molecule has 9 N–H and O–H groups in total. The molecule has 0 aromatic heterocycles. The fourth-order valence-electron chi connectivity index (χ4n) is 2.27. The van der Waals surface area contributed by atoms with Gasteiger partial charge in [0, 0.05) is 12.8 Å². The fourth-order valence-corrected chi connectivity index (χ4v) is 2.27. The summed E-state index contributed by atoms with van der Waals surface area (Å²) in [6, 6.07) is -3.58. The van der Waals surface area contributed by atoms with Crippen molar-refractivity contribution >= 4 is 35.6 Å². The summed E-state index contributed by atoms with van der Waals surface area (Å²) in [6.07, 6.45) is -0.873. The number of nitrogens with one attached hydrogen (secondary N) is 3. The molecule has 4 amide bonds. The molecular weight excluding hydrogens is 402 g/mol. The summed E-state index contributed by atoms with van der Waals surface area (Å²) in [4.78, 5) is 68.8. The van der Waals surface area contributed by atoms with E-state index in [2.05, 4.69) is 16.0 Å². The lowest BCUT2D eigenvalue weighted by Gasteiger charge is -2.24. The Morgan fingerprint density at radius 3 is 1.97 bits per heavy atom. The van der Waals surface area contributed by atoms with Crippen LogP contribution in [0.15, 0.2) is 0 Å². The maximum Gasteiger partial charge on any atom is 0.326 e. The molecule has 13 nitrogen and oxygen atoms in total. The topological polar surface area (TPSA) is 231 Å². The summed E-state index contributed by atoms with van der Waals surface area (Å²) in [5.74, 6) is -5.85. The Morgan fingerprint density at radius 1 is 0.900 bits per heavy atom. The fraction of sp³-hybridized carbons (Fsp3) is 0.647. The Hall–Kier alpha value is -3.22. The van der Waals surface area contributed by atoms with Crippen LogP contribution in [0, 0.1) is 5.92 Å². The molecule has 0 saturated carbocycles. The zero-order chi connectivity index (χ0) is 23.4. The number of carboxylic acids is 2. The molecule has 0 rings (SSSR count). The van der Waals surface area contributed by atoms with Crippen LogP contribution in [0.5, 0.6) is 0 Å². The average molecular weight is 431 g/mol. The Bertz CT molecular complexity index is 667. The number of rotatable bonds is 14. The summed E-state index contributed by atoms with van der Waals surface area (Å²) < 4.78 is 0. The van der Waals surface area contributed by atoms with Gasteiger partial charge < -0.3 is 37.6 Å². The summed E-state index contributed by atoms with van der Waals surface area (Å²) in [5, 5.41) is 24.6. The van der Waals surface area contributed by atoms with Crippen molar-refractivity contribution in [1.82, 2.24) is 16.0 Å². The zero-order valence-corrected chi connectivity index (χ0v) is 16.8. The van der Waals surface area contributed by atoms with Gasteiger partial charge in [0.25, 0.3) is 0 Å². The van der Waals surface area contributed by atoms with Gasteiger partial charge in [-0.15, -0.1) is 0 Å². The smallest absolute Gasteiger partial charge is 0.326 e. The van der Waals surface area contributed by atoms with E-state index in [-0.39, 0.29) is 25.7 Å². The highest BCUT2D eigenvalue weighted by atomic mass is 16.4. The standard InChI is InChI=1S/C17H29N5O8/c1-8(2)14(16(28)21-10(17(29)30)4-5-11(19)23)22-12(24)7-20-15(27)9(18)3-6-13(25)26/h8-10,14H,3-7,18H2,1-2H3,(H2,19,23)(H,20,27)(H,21,28)(H,22,24)(H,25,26)(H,29,30). The number of hydrogen-bond donors (Lipinski definition) is 7. The van der Waals surface area contributed by atoms with E-state index in [4.69, 9.17) is 21.7 Å². The minimum atomic E-state index is -1.37.